The number of alkyl carbamates (subject to hydrolysis) is 1. The van der Waals surface area contributed by atoms with E-state index in [1.807, 2.05) is 13.8 Å². The topological polar surface area (TPSA) is 93.7 Å². The van der Waals surface area contributed by atoms with Crippen LogP contribution in [0.3, 0.4) is 0 Å². The van der Waals surface area contributed by atoms with Gasteiger partial charge in [0.25, 0.3) is 0 Å². The fourth-order valence-electron chi connectivity index (χ4n) is 1.81. The molecule has 7 nitrogen and oxygen atoms in total. The molecule has 7 heteroatoms. The van der Waals surface area contributed by atoms with Gasteiger partial charge in [0.1, 0.15) is 11.6 Å². The quantitative estimate of drug-likeness (QED) is 0.546. The van der Waals surface area contributed by atoms with Gasteiger partial charge in [-0.3, -0.25) is 4.79 Å². The molecule has 2 atom stereocenters. The number of ether oxygens (including phenoxy) is 2. The Bertz CT molecular complexity index is 466. The molecule has 0 aliphatic carbocycles. The standard InChI is InChI=1S/C17H30N2O5/c1-11(2)10-13(8-9-14(20)23-7)19-15(21)12(3)18-16(22)24-17(4,5)6/h8-9,11-13H,10H2,1-7H3,(H,18,22)(H,19,21)/t12-,13+/m0/s1. The molecule has 0 aromatic carbocycles. The highest BCUT2D eigenvalue weighted by molar-refractivity contribution is 5.86. The second-order valence-corrected chi connectivity index (χ2v) is 6.99. The Kier molecular flexibility index (Phi) is 9.10. The Morgan fingerprint density at radius 1 is 1.08 bits per heavy atom. The number of methoxy groups -OCH3 is 1. The van der Waals surface area contributed by atoms with Gasteiger partial charge in [0, 0.05) is 12.1 Å². The summed E-state index contributed by atoms with van der Waals surface area (Å²) in [6, 6.07) is -1.10. The Labute approximate surface area is 144 Å². The van der Waals surface area contributed by atoms with E-state index in [9.17, 15) is 14.4 Å². The molecular formula is C17H30N2O5. The van der Waals surface area contributed by atoms with Crippen LogP contribution in [0.5, 0.6) is 0 Å². The number of nitrogens with one attached hydrogen (secondary N) is 2. The van der Waals surface area contributed by atoms with Crippen LogP contribution in [0.1, 0.15) is 48.0 Å². The average Bonchev–Trinajstić information content (AvgIpc) is 2.41. The molecule has 0 aliphatic heterocycles. The van der Waals surface area contributed by atoms with Gasteiger partial charge in [0.05, 0.1) is 7.11 Å². The summed E-state index contributed by atoms with van der Waals surface area (Å²) in [7, 11) is 1.29. The van der Waals surface area contributed by atoms with Crippen molar-refractivity contribution in [1.82, 2.24) is 10.6 Å². The zero-order valence-corrected chi connectivity index (χ0v) is 15.6. The van der Waals surface area contributed by atoms with Crippen molar-refractivity contribution in [2.24, 2.45) is 5.92 Å². The van der Waals surface area contributed by atoms with Gasteiger partial charge < -0.3 is 20.1 Å². The third kappa shape index (κ3) is 10.6. The Hall–Kier alpha value is -2.05. The molecule has 0 saturated carbocycles. The van der Waals surface area contributed by atoms with E-state index in [4.69, 9.17) is 4.74 Å². The lowest BCUT2D eigenvalue weighted by atomic mass is 10.0. The van der Waals surface area contributed by atoms with Gasteiger partial charge in [0.2, 0.25) is 5.91 Å². The first kappa shape index (κ1) is 21.9. The maximum absolute atomic E-state index is 12.2. The maximum Gasteiger partial charge on any atom is 0.408 e. The van der Waals surface area contributed by atoms with Gasteiger partial charge in [-0.1, -0.05) is 19.9 Å². The number of carbonyl (C=O) groups excluding carboxylic acids is 3. The molecule has 0 aromatic rings. The van der Waals surface area contributed by atoms with Gasteiger partial charge in [-0.25, -0.2) is 9.59 Å². The van der Waals surface area contributed by atoms with E-state index in [2.05, 4.69) is 15.4 Å². The Balaban J connectivity index is 4.71. The summed E-state index contributed by atoms with van der Waals surface area (Å²) >= 11 is 0. The zero-order valence-electron chi connectivity index (χ0n) is 15.6. The van der Waals surface area contributed by atoms with Crippen molar-refractivity contribution in [3.8, 4) is 0 Å². The van der Waals surface area contributed by atoms with Crippen molar-refractivity contribution in [1.29, 1.82) is 0 Å². The third-order valence-electron chi connectivity index (χ3n) is 2.85. The SMILES string of the molecule is COC(=O)C=C[C@H](CC(C)C)NC(=O)[C@H](C)NC(=O)OC(C)(C)C. The molecule has 0 aromatic heterocycles. The molecule has 138 valence electrons. The minimum Gasteiger partial charge on any atom is -0.466 e. The maximum atomic E-state index is 12.2. The minimum absolute atomic E-state index is 0.312. The first-order chi connectivity index (χ1) is 10.9. The Morgan fingerprint density at radius 2 is 1.67 bits per heavy atom. The fraction of sp³-hybridized carbons (Fsp3) is 0.706. The summed E-state index contributed by atoms with van der Waals surface area (Å²) in [4.78, 5) is 35.1. The highest BCUT2D eigenvalue weighted by atomic mass is 16.6. The minimum atomic E-state index is -0.763. The van der Waals surface area contributed by atoms with Crippen LogP contribution in [0.15, 0.2) is 12.2 Å². The molecule has 24 heavy (non-hydrogen) atoms. The van der Waals surface area contributed by atoms with Gasteiger partial charge in [-0.2, -0.15) is 0 Å². The predicted molar refractivity (Wildman–Crippen MR) is 91.4 cm³/mol. The van der Waals surface area contributed by atoms with Crippen LogP contribution >= 0.6 is 0 Å². The van der Waals surface area contributed by atoms with E-state index >= 15 is 0 Å². The summed E-state index contributed by atoms with van der Waals surface area (Å²) in [5, 5.41) is 5.27. The number of amides is 2. The lowest BCUT2D eigenvalue weighted by molar-refractivity contribution is -0.135. The zero-order chi connectivity index (χ0) is 18.9. The summed E-state index contributed by atoms with van der Waals surface area (Å²) < 4.78 is 9.66. The van der Waals surface area contributed by atoms with E-state index < -0.39 is 23.7 Å². The molecule has 0 heterocycles. The summed E-state index contributed by atoms with van der Waals surface area (Å²) in [5.41, 5.74) is -0.635. The molecule has 0 rings (SSSR count). The van der Waals surface area contributed by atoms with Crippen LogP contribution in [0.2, 0.25) is 0 Å². The first-order valence-corrected chi connectivity index (χ1v) is 8.00. The van der Waals surface area contributed by atoms with Crippen LogP contribution in [0.4, 0.5) is 4.79 Å². The van der Waals surface area contributed by atoms with Crippen molar-refractivity contribution < 1.29 is 23.9 Å². The molecule has 0 aliphatic rings. The predicted octanol–water partition coefficient (Wildman–Crippen LogP) is 2.16. The van der Waals surface area contributed by atoms with Crippen molar-refractivity contribution in [2.45, 2.75) is 65.6 Å². The second-order valence-electron chi connectivity index (χ2n) is 6.99. The molecule has 2 N–H and O–H groups in total. The van der Waals surface area contributed by atoms with E-state index in [1.165, 1.54) is 13.2 Å². The summed E-state index contributed by atoms with van der Waals surface area (Å²) in [6.07, 6.45) is 2.86. The molecule has 0 saturated heterocycles. The Morgan fingerprint density at radius 3 is 2.12 bits per heavy atom. The van der Waals surface area contributed by atoms with Gasteiger partial charge >= 0.3 is 12.1 Å². The van der Waals surface area contributed by atoms with Gasteiger partial charge in [0.15, 0.2) is 0 Å². The lowest BCUT2D eigenvalue weighted by Gasteiger charge is -2.23. The molecule has 0 fully saturated rings. The van der Waals surface area contributed by atoms with Crippen LogP contribution in [-0.2, 0) is 19.1 Å². The van der Waals surface area contributed by atoms with Crippen molar-refractivity contribution in [2.75, 3.05) is 7.11 Å². The molecule has 0 bridgehead atoms. The molecular weight excluding hydrogens is 312 g/mol. The van der Waals surface area contributed by atoms with Crippen LogP contribution in [0, 0.1) is 5.92 Å². The fourth-order valence-corrected chi connectivity index (χ4v) is 1.81. The summed E-state index contributed by atoms with van der Waals surface area (Å²) in [5.74, 6) is -0.536. The van der Waals surface area contributed by atoms with Gasteiger partial charge in [-0.15, -0.1) is 0 Å². The average molecular weight is 342 g/mol. The summed E-state index contributed by atoms with van der Waals surface area (Å²) in [6.45, 7) is 10.8. The van der Waals surface area contributed by atoms with E-state index in [0.29, 0.717) is 12.3 Å². The lowest BCUT2D eigenvalue weighted by Crippen LogP contribution is -2.49. The van der Waals surface area contributed by atoms with E-state index in [0.717, 1.165) is 0 Å². The molecule has 0 radical (unpaired) electrons. The molecule has 0 unspecified atom stereocenters. The van der Waals surface area contributed by atoms with Crippen LogP contribution in [-0.4, -0.2) is 42.8 Å². The van der Waals surface area contributed by atoms with Crippen molar-refractivity contribution >= 4 is 18.0 Å². The highest BCUT2D eigenvalue weighted by Gasteiger charge is 2.22. The van der Waals surface area contributed by atoms with E-state index in [1.54, 1.807) is 33.8 Å². The molecule has 2 amide bonds. The first-order valence-electron chi connectivity index (χ1n) is 8.00. The normalized spacial score (nSPS) is 14.2. The van der Waals surface area contributed by atoms with Crippen LogP contribution in [0.25, 0.3) is 0 Å². The van der Waals surface area contributed by atoms with Crippen LogP contribution < -0.4 is 10.6 Å². The number of rotatable bonds is 7. The number of hydrogen-bond donors (Lipinski definition) is 2. The monoisotopic (exact) mass is 342 g/mol. The van der Waals surface area contributed by atoms with Crippen molar-refractivity contribution in [3.63, 3.8) is 0 Å². The highest BCUT2D eigenvalue weighted by Crippen LogP contribution is 2.08. The largest absolute Gasteiger partial charge is 0.466 e. The van der Waals surface area contributed by atoms with E-state index in [-0.39, 0.29) is 11.9 Å². The van der Waals surface area contributed by atoms with Gasteiger partial charge in [-0.05, 0) is 40.0 Å². The molecule has 0 spiro atoms. The second kappa shape index (κ2) is 9.95. The number of carbonyl (C=O) groups is 3. The third-order valence-corrected chi connectivity index (χ3v) is 2.85. The number of esters is 1. The number of hydrogen-bond acceptors (Lipinski definition) is 5. The smallest absolute Gasteiger partial charge is 0.408 e. The van der Waals surface area contributed by atoms with Crippen molar-refractivity contribution in [3.05, 3.63) is 12.2 Å².